The number of likely N-dealkylation sites (tertiary alicyclic amines) is 1. The first-order valence-electron chi connectivity index (χ1n) is 9.49. The molecule has 2 aromatic rings. The second-order valence-corrected chi connectivity index (χ2v) is 7.48. The number of ether oxygens (including phenoxy) is 1. The van der Waals surface area contributed by atoms with E-state index in [1.165, 1.54) is 7.11 Å². The van der Waals surface area contributed by atoms with Gasteiger partial charge >= 0.3 is 5.97 Å². The van der Waals surface area contributed by atoms with E-state index in [-0.39, 0.29) is 41.9 Å². The number of piperidine rings is 1. The minimum Gasteiger partial charge on any atom is -0.468 e. The molecular weight excluding hydrogens is 360 g/mol. The molecule has 0 unspecified atom stereocenters. The van der Waals surface area contributed by atoms with Gasteiger partial charge in [-0.2, -0.15) is 0 Å². The highest BCUT2D eigenvalue weighted by Gasteiger charge is 2.41. The smallest absolute Gasteiger partial charge is 0.319 e. The van der Waals surface area contributed by atoms with Gasteiger partial charge in [-0.3, -0.25) is 19.3 Å². The maximum atomic E-state index is 12.6. The third kappa shape index (κ3) is 3.47. The van der Waals surface area contributed by atoms with E-state index >= 15 is 0 Å². The zero-order valence-corrected chi connectivity index (χ0v) is 15.8. The van der Waals surface area contributed by atoms with Crippen molar-refractivity contribution in [2.75, 3.05) is 33.3 Å². The first kappa shape index (κ1) is 18.5. The number of methoxy groups -OCH3 is 1. The first-order chi connectivity index (χ1) is 13.6. The summed E-state index contributed by atoms with van der Waals surface area (Å²) in [4.78, 5) is 41.7. The van der Waals surface area contributed by atoms with Crippen molar-refractivity contribution in [2.45, 2.75) is 18.4 Å². The maximum Gasteiger partial charge on any atom is 0.319 e. The average Bonchev–Trinajstić information content (AvgIpc) is 3.23. The van der Waals surface area contributed by atoms with Crippen molar-refractivity contribution in [3.63, 3.8) is 0 Å². The fourth-order valence-electron chi connectivity index (χ4n) is 4.54. The molecule has 4 rings (SSSR count). The number of rotatable bonds is 5. The van der Waals surface area contributed by atoms with Crippen LogP contribution in [0.4, 0.5) is 0 Å². The summed E-state index contributed by atoms with van der Waals surface area (Å²) in [6, 6.07) is 8.65. The van der Waals surface area contributed by atoms with Gasteiger partial charge in [0.25, 0.3) is 11.5 Å². The van der Waals surface area contributed by atoms with E-state index in [0.717, 1.165) is 18.7 Å². The number of H-pyrrole nitrogens is 1. The van der Waals surface area contributed by atoms with Crippen LogP contribution in [0.25, 0.3) is 0 Å². The fraction of sp³-hybridized carbons (Fsp3) is 0.450. The Morgan fingerprint density at radius 2 is 2.11 bits per heavy atom. The van der Waals surface area contributed by atoms with Gasteiger partial charge in [-0.15, -0.1) is 0 Å². The van der Waals surface area contributed by atoms with Crippen LogP contribution in [0.5, 0.6) is 0 Å². The van der Waals surface area contributed by atoms with Gasteiger partial charge in [0.05, 0.1) is 19.7 Å². The van der Waals surface area contributed by atoms with Gasteiger partial charge in [-0.25, -0.2) is 0 Å². The quantitative estimate of drug-likeness (QED) is 0.742. The Kier molecular flexibility index (Phi) is 5.04. The predicted octanol–water partition coefficient (Wildman–Crippen LogP) is 0.740. The SMILES string of the molecule is COC(=O)CN1C[C@H]2C[C@@H](C1)[C@H](CNC(=O)c1ccc[nH]1)n1c2cccc1=O. The zero-order chi connectivity index (χ0) is 19.7. The normalized spacial score (nSPS) is 23.7. The number of esters is 1. The lowest BCUT2D eigenvalue weighted by Gasteiger charge is -2.46. The molecule has 2 aliphatic heterocycles. The molecule has 2 aromatic heterocycles. The molecule has 148 valence electrons. The second kappa shape index (κ2) is 7.63. The summed E-state index contributed by atoms with van der Waals surface area (Å²) in [5, 5.41) is 2.95. The summed E-state index contributed by atoms with van der Waals surface area (Å²) in [5.41, 5.74) is 1.41. The zero-order valence-electron chi connectivity index (χ0n) is 15.8. The Hall–Kier alpha value is -2.87. The summed E-state index contributed by atoms with van der Waals surface area (Å²) in [6.45, 7) is 2.01. The maximum absolute atomic E-state index is 12.6. The van der Waals surface area contributed by atoms with Gasteiger partial charge in [0.1, 0.15) is 5.69 Å². The molecule has 2 aliphatic rings. The highest BCUT2D eigenvalue weighted by molar-refractivity contribution is 5.92. The van der Waals surface area contributed by atoms with Crippen LogP contribution < -0.4 is 10.9 Å². The summed E-state index contributed by atoms with van der Waals surface area (Å²) >= 11 is 0. The van der Waals surface area contributed by atoms with E-state index in [0.29, 0.717) is 18.8 Å². The van der Waals surface area contributed by atoms with Crippen molar-refractivity contribution >= 4 is 11.9 Å². The van der Waals surface area contributed by atoms with Crippen LogP contribution in [0.15, 0.2) is 41.3 Å². The lowest BCUT2D eigenvalue weighted by molar-refractivity contribution is -0.142. The fourth-order valence-corrected chi connectivity index (χ4v) is 4.54. The highest BCUT2D eigenvalue weighted by atomic mass is 16.5. The molecule has 8 nitrogen and oxygen atoms in total. The third-order valence-corrected chi connectivity index (χ3v) is 5.77. The van der Waals surface area contributed by atoms with Gasteiger partial charge in [0.15, 0.2) is 0 Å². The molecule has 1 saturated heterocycles. The Bertz CT molecular complexity index is 921. The number of nitrogens with one attached hydrogen (secondary N) is 2. The van der Waals surface area contributed by atoms with E-state index in [4.69, 9.17) is 4.74 Å². The number of carbonyl (C=O) groups is 2. The van der Waals surface area contributed by atoms with Crippen molar-refractivity contribution in [1.82, 2.24) is 19.8 Å². The molecule has 2 N–H and O–H groups in total. The molecule has 0 saturated carbocycles. The Morgan fingerprint density at radius 3 is 2.86 bits per heavy atom. The lowest BCUT2D eigenvalue weighted by atomic mass is 9.78. The molecule has 0 aromatic carbocycles. The van der Waals surface area contributed by atoms with E-state index in [9.17, 15) is 14.4 Å². The second-order valence-electron chi connectivity index (χ2n) is 7.48. The van der Waals surface area contributed by atoms with Crippen LogP contribution >= 0.6 is 0 Å². The van der Waals surface area contributed by atoms with Crippen LogP contribution in [0.2, 0.25) is 0 Å². The van der Waals surface area contributed by atoms with Gasteiger partial charge < -0.3 is 19.6 Å². The van der Waals surface area contributed by atoms with Gasteiger partial charge in [0, 0.05) is 43.5 Å². The van der Waals surface area contributed by atoms with Crippen molar-refractivity contribution < 1.29 is 14.3 Å². The molecule has 8 heteroatoms. The van der Waals surface area contributed by atoms with Crippen molar-refractivity contribution in [3.8, 4) is 0 Å². The summed E-state index contributed by atoms with van der Waals surface area (Å²) < 4.78 is 6.65. The van der Waals surface area contributed by atoms with Crippen LogP contribution in [0.1, 0.15) is 34.6 Å². The molecule has 0 spiro atoms. The minimum atomic E-state index is -0.262. The topological polar surface area (TPSA) is 96.4 Å². The van der Waals surface area contributed by atoms with E-state index < -0.39 is 0 Å². The number of carbonyl (C=O) groups excluding carboxylic acids is 2. The average molecular weight is 384 g/mol. The highest BCUT2D eigenvalue weighted by Crippen LogP contribution is 2.40. The van der Waals surface area contributed by atoms with Crippen molar-refractivity contribution in [2.24, 2.45) is 5.92 Å². The van der Waals surface area contributed by atoms with Crippen molar-refractivity contribution in [1.29, 1.82) is 0 Å². The number of aromatic nitrogens is 2. The van der Waals surface area contributed by atoms with E-state index in [1.54, 1.807) is 30.5 Å². The Labute approximate surface area is 162 Å². The number of nitrogens with zero attached hydrogens (tertiary/aromatic N) is 2. The van der Waals surface area contributed by atoms with Crippen LogP contribution in [-0.2, 0) is 9.53 Å². The van der Waals surface area contributed by atoms with Crippen molar-refractivity contribution in [3.05, 3.63) is 58.3 Å². The summed E-state index contributed by atoms with van der Waals surface area (Å²) in [7, 11) is 1.39. The van der Waals surface area contributed by atoms with Gasteiger partial charge in [-0.05, 0) is 30.5 Å². The third-order valence-electron chi connectivity index (χ3n) is 5.77. The molecule has 1 fully saturated rings. The molecule has 0 radical (unpaired) electrons. The minimum absolute atomic E-state index is 0.0484. The van der Waals surface area contributed by atoms with Crippen LogP contribution in [0, 0.1) is 5.92 Å². The summed E-state index contributed by atoms with van der Waals surface area (Å²) in [6.07, 6.45) is 2.63. The van der Waals surface area contributed by atoms with E-state index in [1.807, 2.05) is 10.6 Å². The van der Waals surface area contributed by atoms with Gasteiger partial charge in [0.2, 0.25) is 0 Å². The number of fused-ring (bicyclic) bond motifs is 4. The molecular formula is C20H24N4O4. The predicted molar refractivity (Wildman–Crippen MR) is 102 cm³/mol. The number of hydrogen-bond donors (Lipinski definition) is 2. The molecule has 2 bridgehead atoms. The number of amides is 1. The molecule has 0 aliphatic carbocycles. The van der Waals surface area contributed by atoms with Crippen LogP contribution in [0.3, 0.4) is 0 Å². The summed E-state index contributed by atoms with van der Waals surface area (Å²) in [5.74, 6) is -0.102. The van der Waals surface area contributed by atoms with E-state index in [2.05, 4.69) is 15.2 Å². The first-order valence-corrected chi connectivity index (χ1v) is 9.49. The molecule has 4 heterocycles. The molecule has 1 amide bonds. The number of aromatic amines is 1. The monoisotopic (exact) mass is 384 g/mol. The van der Waals surface area contributed by atoms with Gasteiger partial charge in [-0.1, -0.05) is 6.07 Å². The Balaban J connectivity index is 1.59. The standard InChI is InChI=1S/C20H24N4O4/c1-28-19(26)12-23-10-13-8-14(11-23)17(24-16(13)5-2-6-18(24)25)9-22-20(27)15-4-3-7-21-15/h2-7,13-14,17,21H,8-12H2,1H3,(H,22,27)/t13-,14+,17+/m1/s1. The number of pyridine rings is 1. The Morgan fingerprint density at radius 1 is 1.25 bits per heavy atom. The lowest BCUT2D eigenvalue weighted by Crippen LogP contribution is -2.52. The molecule has 28 heavy (non-hydrogen) atoms. The van der Waals surface area contributed by atoms with Crippen LogP contribution in [-0.4, -0.2) is 59.6 Å². The largest absolute Gasteiger partial charge is 0.468 e. The molecule has 3 atom stereocenters. The number of hydrogen-bond acceptors (Lipinski definition) is 5.